The first-order chi connectivity index (χ1) is 18.2. The van der Waals surface area contributed by atoms with E-state index in [1.54, 1.807) is 33.8 Å². The number of ether oxygens (including phenoxy) is 4. The summed E-state index contributed by atoms with van der Waals surface area (Å²) in [5.74, 6) is -4.15. The normalized spacial score (nSPS) is 15.8. The Morgan fingerprint density at radius 1 is 0.872 bits per heavy atom. The van der Waals surface area contributed by atoms with Gasteiger partial charge < -0.3 is 29.8 Å². The van der Waals surface area contributed by atoms with Crippen LogP contribution in [0.15, 0.2) is 18.2 Å². The number of esters is 2. The van der Waals surface area contributed by atoms with Crippen molar-refractivity contribution >= 4 is 24.1 Å². The van der Waals surface area contributed by atoms with Gasteiger partial charge in [-0.1, -0.05) is 54.5 Å². The maximum absolute atomic E-state index is 12.6. The summed E-state index contributed by atoms with van der Waals surface area (Å²) in [6.45, 7) is 14.7. The molecule has 0 aliphatic carbocycles. The summed E-state index contributed by atoms with van der Waals surface area (Å²) < 4.78 is 21.7. The fourth-order valence-corrected chi connectivity index (χ4v) is 3.60. The first-order valence-corrected chi connectivity index (χ1v) is 13.6. The Morgan fingerprint density at radius 3 is 1.90 bits per heavy atom. The third-order valence-corrected chi connectivity index (χ3v) is 6.98. The summed E-state index contributed by atoms with van der Waals surface area (Å²) >= 11 is 0. The van der Waals surface area contributed by atoms with E-state index in [2.05, 4.69) is 0 Å². The Labute approximate surface area is 231 Å². The Balaban J connectivity index is 3.39. The summed E-state index contributed by atoms with van der Waals surface area (Å²) in [7, 11) is 0. The number of benzene rings is 1. The molecular weight excluding hydrogens is 506 g/mol. The van der Waals surface area contributed by atoms with Crippen LogP contribution in [0, 0.1) is 23.7 Å². The molecule has 0 heterocycles. The first kappa shape index (κ1) is 33.9. The molecule has 0 saturated heterocycles. The van der Waals surface area contributed by atoms with E-state index in [0.717, 1.165) is 0 Å². The molecule has 220 valence electrons. The van der Waals surface area contributed by atoms with Gasteiger partial charge in [0.2, 0.25) is 0 Å². The van der Waals surface area contributed by atoms with Gasteiger partial charge in [0.05, 0.1) is 18.4 Å². The molecule has 39 heavy (non-hydrogen) atoms. The molecule has 5 unspecified atom stereocenters. The van der Waals surface area contributed by atoms with Gasteiger partial charge in [-0.05, 0) is 49.8 Å². The molecule has 0 aliphatic rings. The van der Waals surface area contributed by atoms with E-state index in [1.165, 1.54) is 12.1 Å². The standard InChI is InChI=1S/C29H45NO9/c1-9-17(5)27(33)38-22-12-11-21(15-23(22)39-28(34)18(6)10-2)24(25(30)26(31)32)19(7)20(8)37-29(35)36-14-13-16(3)4/h11-12,15-20,24-25H,9-10,13-14,30H2,1-8H3,(H,31,32)/t17?,18?,19?,20?,24?,25-/m0/s1. The Bertz CT molecular complexity index is 978. The van der Waals surface area contributed by atoms with Gasteiger partial charge in [0.15, 0.2) is 11.5 Å². The molecule has 6 atom stereocenters. The number of nitrogens with two attached hydrogens (primary N) is 1. The Kier molecular flexibility index (Phi) is 14.0. The number of carboxylic acids is 1. The second-order valence-corrected chi connectivity index (χ2v) is 10.5. The Morgan fingerprint density at radius 2 is 1.41 bits per heavy atom. The summed E-state index contributed by atoms with van der Waals surface area (Å²) in [5.41, 5.74) is 6.52. The van der Waals surface area contributed by atoms with Gasteiger partial charge in [0, 0.05) is 11.8 Å². The van der Waals surface area contributed by atoms with Crippen molar-refractivity contribution in [3.63, 3.8) is 0 Å². The number of carbonyl (C=O) groups is 4. The van der Waals surface area contributed by atoms with Crippen LogP contribution in [0.3, 0.4) is 0 Å². The third kappa shape index (κ3) is 10.5. The number of hydrogen-bond acceptors (Lipinski definition) is 9. The smallest absolute Gasteiger partial charge is 0.480 e. The molecule has 1 aromatic rings. The molecule has 3 N–H and O–H groups in total. The molecule has 0 radical (unpaired) electrons. The van der Waals surface area contributed by atoms with Crippen LogP contribution in [0.4, 0.5) is 4.79 Å². The predicted octanol–water partition coefficient (Wildman–Crippen LogP) is 5.31. The molecule has 0 bridgehead atoms. The first-order valence-electron chi connectivity index (χ1n) is 13.6. The van der Waals surface area contributed by atoms with Crippen LogP contribution in [0.25, 0.3) is 0 Å². The number of hydrogen-bond donors (Lipinski definition) is 2. The van der Waals surface area contributed by atoms with Crippen molar-refractivity contribution in [1.29, 1.82) is 0 Å². The van der Waals surface area contributed by atoms with Crippen LogP contribution >= 0.6 is 0 Å². The highest BCUT2D eigenvalue weighted by Crippen LogP contribution is 2.37. The summed E-state index contributed by atoms with van der Waals surface area (Å²) in [6.07, 6.45) is 0.155. The van der Waals surface area contributed by atoms with E-state index in [9.17, 15) is 24.3 Å². The van der Waals surface area contributed by atoms with Gasteiger partial charge in [-0.3, -0.25) is 14.4 Å². The number of carbonyl (C=O) groups excluding carboxylic acids is 3. The van der Waals surface area contributed by atoms with Crippen molar-refractivity contribution in [2.45, 2.75) is 92.7 Å². The highest BCUT2D eigenvalue weighted by molar-refractivity contribution is 5.79. The van der Waals surface area contributed by atoms with Gasteiger partial charge in [0.1, 0.15) is 12.1 Å². The second-order valence-electron chi connectivity index (χ2n) is 10.5. The van der Waals surface area contributed by atoms with Crippen molar-refractivity contribution < 1.29 is 43.2 Å². The lowest BCUT2D eigenvalue weighted by atomic mass is 9.79. The number of rotatable bonds is 15. The number of aliphatic carboxylic acids is 1. The minimum atomic E-state index is -1.38. The maximum atomic E-state index is 12.6. The minimum Gasteiger partial charge on any atom is -0.480 e. The van der Waals surface area contributed by atoms with E-state index < -0.39 is 54.0 Å². The van der Waals surface area contributed by atoms with Gasteiger partial charge in [-0.2, -0.15) is 0 Å². The van der Waals surface area contributed by atoms with Crippen molar-refractivity contribution in [2.24, 2.45) is 29.4 Å². The zero-order chi connectivity index (χ0) is 29.9. The summed E-state index contributed by atoms with van der Waals surface area (Å²) in [5, 5.41) is 9.76. The van der Waals surface area contributed by atoms with E-state index in [1.807, 2.05) is 27.7 Å². The highest BCUT2D eigenvalue weighted by atomic mass is 16.7. The van der Waals surface area contributed by atoms with Crippen LogP contribution in [-0.4, -0.2) is 47.9 Å². The summed E-state index contributed by atoms with van der Waals surface area (Å²) in [4.78, 5) is 49.3. The van der Waals surface area contributed by atoms with Crippen molar-refractivity contribution in [3.05, 3.63) is 23.8 Å². The number of carboxylic acid groups (broad SMARTS) is 1. The van der Waals surface area contributed by atoms with Crippen molar-refractivity contribution in [2.75, 3.05) is 6.61 Å². The highest BCUT2D eigenvalue weighted by Gasteiger charge is 2.36. The van der Waals surface area contributed by atoms with E-state index in [-0.39, 0.29) is 24.0 Å². The van der Waals surface area contributed by atoms with Crippen LogP contribution in [-0.2, 0) is 23.9 Å². The third-order valence-electron chi connectivity index (χ3n) is 6.98. The SMILES string of the molecule is CCC(C)C(=O)Oc1ccc(C(C(C)C(C)OC(=O)OCCC(C)C)[C@H](N)C(=O)O)cc1OC(=O)C(C)CC. The molecule has 0 aliphatic heterocycles. The molecule has 0 spiro atoms. The quantitative estimate of drug-likeness (QED) is 0.217. The van der Waals surface area contributed by atoms with E-state index in [0.29, 0.717) is 30.7 Å². The lowest BCUT2D eigenvalue weighted by Gasteiger charge is -2.31. The Hall–Kier alpha value is -3.14. The van der Waals surface area contributed by atoms with Gasteiger partial charge >= 0.3 is 24.1 Å². The van der Waals surface area contributed by atoms with Crippen molar-refractivity contribution in [3.8, 4) is 11.5 Å². The molecule has 10 heteroatoms. The second kappa shape index (κ2) is 16.1. The fraction of sp³-hybridized carbons (Fsp3) is 0.655. The van der Waals surface area contributed by atoms with Crippen LogP contribution in [0.1, 0.15) is 86.1 Å². The molecule has 0 aromatic heterocycles. The lowest BCUT2D eigenvalue weighted by molar-refractivity contribution is -0.141. The van der Waals surface area contributed by atoms with Gasteiger partial charge in [0.25, 0.3) is 0 Å². The average Bonchev–Trinajstić information content (AvgIpc) is 2.88. The summed E-state index contributed by atoms with van der Waals surface area (Å²) in [6, 6.07) is 3.10. The molecule has 1 aromatic carbocycles. The lowest BCUT2D eigenvalue weighted by Crippen LogP contribution is -2.42. The zero-order valence-corrected chi connectivity index (χ0v) is 24.4. The molecule has 1 rings (SSSR count). The van der Waals surface area contributed by atoms with Crippen LogP contribution < -0.4 is 15.2 Å². The van der Waals surface area contributed by atoms with Gasteiger partial charge in [-0.25, -0.2) is 4.79 Å². The monoisotopic (exact) mass is 551 g/mol. The minimum absolute atomic E-state index is 0.0223. The largest absolute Gasteiger partial charge is 0.508 e. The molecule has 0 amide bonds. The molecular formula is C29H45NO9. The van der Waals surface area contributed by atoms with E-state index >= 15 is 0 Å². The van der Waals surface area contributed by atoms with Crippen LogP contribution in [0.5, 0.6) is 11.5 Å². The van der Waals surface area contributed by atoms with Gasteiger partial charge in [-0.15, -0.1) is 0 Å². The van der Waals surface area contributed by atoms with Crippen LogP contribution in [0.2, 0.25) is 0 Å². The predicted molar refractivity (Wildman–Crippen MR) is 145 cm³/mol. The molecule has 0 saturated carbocycles. The topological polar surface area (TPSA) is 151 Å². The van der Waals surface area contributed by atoms with Crippen molar-refractivity contribution in [1.82, 2.24) is 0 Å². The fourth-order valence-electron chi connectivity index (χ4n) is 3.60. The molecule has 10 nitrogen and oxygen atoms in total. The average molecular weight is 552 g/mol. The molecule has 0 fully saturated rings. The maximum Gasteiger partial charge on any atom is 0.508 e. The van der Waals surface area contributed by atoms with E-state index in [4.69, 9.17) is 24.7 Å². The zero-order valence-electron chi connectivity index (χ0n) is 24.4.